The number of aliphatic hydroxyl groups excluding tert-OH is 1. The van der Waals surface area contributed by atoms with E-state index in [9.17, 15) is 0 Å². The summed E-state index contributed by atoms with van der Waals surface area (Å²) in [7, 11) is 0. The maximum absolute atomic E-state index is 9.14. The van der Waals surface area contributed by atoms with Crippen LogP contribution in [0.15, 0.2) is 12.3 Å². The van der Waals surface area contributed by atoms with E-state index < -0.39 is 0 Å². The van der Waals surface area contributed by atoms with Crippen LogP contribution in [0, 0.1) is 0 Å². The fourth-order valence-corrected chi connectivity index (χ4v) is 1.89. The van der Waals surface area contributed by atoms with Gasteiger partial charge in [0.1, 0.15) is 5.15 Å². The predicted octanol–water partition coefficient (Wildman–Crippen LogP) is 1.09. The van der Waals surface area contributed by atoms with Gasteiger partial charge in [-0.2, -0.15) is 0 Å². The van der Waals surface area contributed by atoms with E-state index in [0.29, 0.717) is 11.1 Å². The topological polar surface area (TPSA) is 49.2 Å². The molecule has 0 bridgehead atoms. The molecular formula is C9H12ClN3O. The first-order valence-corrected chi connectivity index (χ1v) is 5.05. The molecule has 2 rings (SSSR count). The number of aliphatic hydroxyl groups is 1. The Hall–Kier alpha value is -0.870. The molecule has 0 radical (unpaired) electrons. The van der Waals surface area contributed by atoms with Crippen molar-refractivity contribution in [3.05, 3.63) is 17.4 Å². The summed E-state index contributed by atoms with van der Waals surface area (Å²) in [6.45, 7) is 1.04. The number of hydrogen-bond acceptors (Lipinski definition) is 4. The van der Waals surface area contributed by atoms with Crippen molar-refractivity contribution in [1.29, 1.82) is 0 Å². The summed E-state index contributed by atoms with van der Waals surface area (Å²) in [5.74, 6) is 0.619. The molecule has 1 aromatic rings. The van der Waals surface area contributed by atoms with E-state index in [-0.39, 0.29) is 12.6 Å². The van der Waals surface area contributed by atoms with Crippen LogP contribution in [0.25, 0.3) is 0 Å². The van der Waals surface area contributed by atoms with Gasteiger partial charge in [-0.25, -0.2) is 9.97 Å². The van der Waals surface area contributed by atoms with Crippen LogP contribution >= 0.6 is 11.6 Å². The first-order valence-electron chi connectivity index (χ1n) is 4.67. The van der Waals surface area contributed by atoms with E-state index in [1.54, 1.807) is 12.3 Å². The largest absolute Gasteiger partial charge is 0.394 e. The molecule has 76 valence electrons. The molecule has 0 amide bonds. The molecule has 0 saturated carbocycles. The van der Waals surface area contributed by atoms with Crippen molar-refractivity contribution in [3.63, 3.8) is 0 Å². The van der Waals surface area contributed by atoms with Gasteiger partial charge in [0.25, 0.3) is 0 Å². The molecule has 0 unspecified atom stereocenters. The smallest absolute Gasteiger partial charge is 0.227 e. The van der Waals surface area contributed by atoms with E-state index in [2.05, 4.69) is 9.97 Å². The molecule has 0 aromatic carbocycles. The Labute approximate surface area is 87.5 Å². The highest BCUT2D eigenvalue weighted by molar-refractivity contribution is 6.29. The Morgan fingerprint density at radius 3 is 3.21 bits per heavy atom. The minimum Gasteiger partial charge on any atom is -0.394 e. The average Bonchev–Trinajstić information content (AvgIpc) is 2.65. The highest BCUT2D eigenvalue weighted by Crippen LogP contribution is 2.22. The van der Waals surface area contributed by atoms with Gasteiger partial charge < -0.3 is 10.0 Å². The molecule has 0 aliphatic carbocycles. The quantitative estimate of drug-likeness (QED) is 0.748. The summed E-state index contributed by atoms with van der Waals surface area (Å²) < 4.78 is 0. The lowest BCUT2D eigenvalue weighted by Gasteiger charge is -2.22. The summed E-state index contributed by atoms with van der Waals surface area (Å²) in [6, 6.07) is 1.79. The summed E-state index contributed by atoms with van der Waals surface area (Å²) in [4.78, 5) is 10.3. The fourth-order valence-electron chi connectivity index (χ4n) is 1.75. The van der Waals surface area contributed by atoms with Crippen molar-refractivity contribution in [2.24, 2.45) is 0 Å². The molecule has 1 aromatic heterocycles. The second kappa shape index (κ2) is 4.11. The Morgan fingerprint density at radius 2 is 2.50 bits per heavy atom. The minimum absolute atomic E-state index is 0.147. The van der Waals surface area contributed by atoms with Crippen LogP contribution in [0.1, 0.15) is 12.8 Å². The van der Waals surface area contributed by atoms with Crippen LogP contribution in [0.5, 0.6) is 0 Å². The zero-order valence-corrected chi connectivity index (χ0v) is 8.48. The van der Waals surface area contributed by atoms with Gasteiger partial charge in [0.05, 0.1) is 12.6 Å². The lowest BCUT2D eigenvalue weighted by Crippen LogP contribution is -2.33. The van der Waals surface area contributed by atoms with Crippen LogP contribution < -0.4 is 4.90 Å². The molecule has 14 heavy (non-hydrogen) atoms. The lowest BCUT2D eigenvalue weighted by molar-refractivity contribution is 0.265. The SMILES string of the molecule is OC[C@@H]1CCCN1c1nccc(Cl)n1. The molecule has 1 atom stereocenters. The summed E-state index contributed by atoms with van der Waals surface area (Å²) in [6.07, 6.45) is 3.70. The summed E-state index contributed by atoms with van der Waals surface area (Å²) in [5, 5.41) is 9.58. The molecule has 1 aliphatic rings. The Bertz CT molecular complexity index is 321. The van der Waals surface area contributed by atoms with E-state index >= 15 is 0 Å². The van der Waals surface area contributed by atoms with Crippen molar-refractivity contribution in [2.45, 2.75) is 18.9 Å². The minimum atomic E-state index is 0.147. The number of rotatable bonds is 2. The van der Waals surface area contributed by atoms with Crippen molar-refractivity contribution in [3.8, 4) is 0 Å². The van der Waals surface area contributed by atoms with Gasteiger partial charge in [0.15, 0.2) is 0 Å². The number of nitrogens with zero attached hydrogens (tertiary/aromatic N) is 3. The van der Waals surface area contributed by atoms with Gasteiger partial charge >= 0.3 is 0 Å². The highest BCUT2D eigenvalue weighted by Gasteiger charge is 2.25. The van der Waals surface area contributed by atoms with Gasteiger partial charge in [-0.1, -0.05) is 11.6 Å². The number of hydrogen-bond donors (Lipinski definition) is 1. The number of halogens is 1. The third-order valence-electron chi connectivity index (χ3n) is 2.45. The molecule has 0 spiro atoms. The monoisotopic (exact) mass is 213 g/mol. The van der Waals surface area contributed by atoms with Gasteiger partial charge in [-0.15, -0.1) is 0 Å². The number of aromatic nitrogens is 2. The van der Waals surface area contributed by atoms with Crippen LogP contribution in [-0.4, -0.2) is 34.3 Å². The second-order valence-electron chi connectivity index (χ2n) is 3.35. The molecule has 1 saturated heterocycles. The predicted molar refractivity (Wildman–Crippen MR) is 54.5 cm³/mol. The van der Waals surface area contributed by atoms with Gasteiger partial charge in [0, 0.05) is 12.7 Å². The standard InChI is InChI=1S/C9H12ClN3O/c10-8-3-4-11-9(12-8)13-5-1-2-7(13)6-14/h3-4,7,14H,1-2,5-6H2/t7-/m0/s1. The maximum atomic E-state index is 9.14. The molecule has 5 heteroatoms. The van der Waals surface area contributed by atoms with E-state index in [0.717, 1.165) is 19.4 Å². The van der Waals surface area contributed by atoms with Crippen LogP contribution in [0.3, 0.4) is 0 Å². The second-order valence-corrected chi connectivity index (χ2v) is 3.74. The van der Waals surface area contributed by atoms with Crippen LogP contribution in [0.2, 0.25) is 5.15 Å². The Morgan fingerprint density at radius 1 is 1.64 bits per heavy atom. The zero-order valence-electron chi connectivity index (χ0n) is 7.73. The van der Waals surface area contributed by atoms with Crippen molar-refractivity contribution in [1.82, 2.24) is 9.97 Å². The first kappa shape index (κ1) is 9.68. The average molecular weight is 214 g/mol. The molecule has 1 fully saturated rings. The van der Waals surface area contributed by atoms with E-state index in [4.69, 9.17) is 16.7 Å². The van der Waals surface area contributed by atoms with Gasteiger partial charge in [-0.05, 0) is 18.9 Å². The normalized spacial score (nSPS) is 21.6. The summed E-state index contributed by atoms with van der Waals surface area (Å²) >= 11 is 5.77. The summed E-state index contributed by atoms with van der Waals surface area (Å²) in [5.41, 5.74) is 0. The molecule has 1 aliphatic heterocycles. The highest BCUT2D eigenvalue weighted by atomic mass is 35.5. The first-order chi connectivity index (χ1) is 6.81. The van der Waals surface area contributed by atoms with Crippen LogP contribution in [0.4, 0.5) is 5.95 Å². The zero-order chi connectivity index (χ0) is 9.97. The van der Waals surface area contributed by atoms with Crippen molar-refractivity contribution in [2.75, 3.05) is 18.1 Å². The van der Waals surface area contributed by atoms with E-state index in [1.807, 2.05) is 4.90 Å². The third-order valence-corrected chi connectivity index (χ3v) is 2.66. The maximum Gasteiger partial charge on any atom is 0.227 e. The van der Waals surface area contributed by atoms with Gasteiger partial charge in [0.2, 0.25) is 5.95 Å². The van der Waals surface area contributed by atoms with E-state index in [1.165, 1.54) is 0 Å². The van der Waals surface area contributed by atoms with Crippen LogP contribution in [-0.2, 0) is 0 Å². The lowest BCUT2D eigenvalue weighted by atomic mass is 10.2. The molecule has 1 N–H and O–H groups in total. The third kappa shape index (κ3) is 1.81. The Balaban J connectivity index is 2.21. The molecule has 4 nitrogen and oxygen atoms in total. The number of anilines is 1. The molecule has 2 heterocycles. The molecular weight excluding hydrogens is 202 g/mol. The Kier molecular flexibility index (Phi) is 2.84. The fraction of sp³-hybridized carbons (Fsp3) is 0.556. The van der Waals surface area contributed by atoms with Gasteiger partial charge in [-0.3, -0.25) is 0 Å². The van der Waals surface area contributed by atoms with Crippen molar-refractivity contribution < 1.29 is 5.11 Å². The van der Waals surface area contributed by atoms with Crippen molar-refractivity contribution >= 4 is 17.5 Å².